The molecule has 2 aromatic carbocycles. The van der Waals surface area contributed by atoms with E-state index in [1.54, 1.807) is 7.11 Å². The zero-order valence-corrected chi connectivity index (χ0v) is 15.0. The van der Waals surface area contributed by atoms with E-state index in [9.17, 15) is 0 Å². The van der Waals surface area contributed by atoms with Crippen molar-refractivity contribution >= 4 is 11.6 Å². The summed E-state index contributed by atoms with van der Waals surface area (Å²) in [6.45, 7) is 3.18. The number of methoxy groups -OCH3 is 1. The smallest absolute Gasteiger partial charge is 0.162 e. The van der Waals surface area contributed by atoms with Crippen molar-refractivity contribution in [3.05, 3.63) is 59.1 Å². The van der Waals surface area contributed by atoms with E-state index >= 15 is 0 Å². The zero-order chi connectivity index (χ0) is 17.4. The maximum atomic E-state index is 6.30. The molecule has 0 aliphatic heterocycles. The second-order valence-electron chi connectivity index (χ2n) is 5.30. The fourth-order valence-electron chi connectivity index (χ4n) is 2.49. The van der Waals surface area contributed by atoms with Gasteiger partial charge in [0.25, 0.3) is 0 Å². The number of hydrogen-bond donors (Lipinski definition) is 1. The van der Waals surface area contributed by atoms with Crippen LogP contribution in [0.2, 0.25) is 5.02 Å². The summed E-state index contributed by atoms with van der Waals surface area (Å²) in [5, 5.41) is 3.83. The summed E-state index contributed by atoms with van der Waals surface area (Å²) in [5.41, 5.74) is 0.993. The molecular weight excluding hydrogens is 326 g/mol. The number of benzene rings is 2. The monoisotopic (exact) mass is 349 g/mol. The Kier molecular flexibility index (Phi) is 7.37. The van der Waals surface area contributed by atoms with E-state index in [2.05, 4.69) is 5.32 Å². The molecule has 0 aliphatic carbocycles. The number of likely N-dealkylation sites (N-methyl/N-ethyl adjacent to an activating group) is 1. The number of para-hydroxylation sites is 2. The third-order valence-electron chi connectivity index (χ3n) is 3.65. The van der Waals surface area contributed by atoms with Gasteiger partial charge in [-0.05, 0) is 43.8 Å². The molecule has 1 N–H and O–H groups in total. The van der Waals surface area contributed by atoms with Crippen molar-refractivity contribution in [2.24, 2.45) is 0 Å². The molecule has 4 nitrogen and oxygen atoms in total. The first-order valence-corrected chi connectivity index (χ1v) is 8.38. The lowest BCUT2D eigenvalue weighted by atomic mass is 10.0. The molecule has 0 heterocycles. The first-order chi connectivity index (χ1) is 11.7. The van der Waals surface area contributed by atoms with Gasteiger partial charge in [0.2, 0.25) is 0 Å². The van der Waals surface area contributed by atoms with Crippen molar-refractivity contribution in [1.82, 2.24) is 5.32 Å². The number of nitrogens with one attached hydrogen (secondary N) is 1. The van der Waals surface area contributed by atoms with E-state index in [4.69, 9.17) is 25.8 Å². The van der Waals surface area contributed by atoms with Crippen LogP contribution in [0.1, 0.15) is 18.6 Å². The van der Waals surface area contributed by atoms with Crippen LogP contribution in [-0.4, -0.2) is 33.4 Å². The molecule has 0 radical (unpaired) electrons. The van der Waals surface area contributed by atoms with Crippen LogP contribution in [0.15, 0.2) is 48.5 Å². The van der Waals surface area contributed by atoms with Gasteiger partial charge < -0.3 is 19.5 Å². The third-order valence-corrected chi connectivity index (χ3v) is 3.90. The summed E-state index contributed by atoms with van der Waals surface area (Å²) in [4.78, 5) is 0. The van der Waals surface area contributed by atoms with Crippen molar-refractivity contribution in [3.63, 3.8) is 0 Å². The molecule has 2 atom stereocenters. The van der Waals surface area contributed by atoms with Crippen molar-refractivity contribution in [3.8, 4) is 11.5 Å². The normalized spacial score (nSPS) is 13.3. The van der Waals surface area contributed by atoms with Gasteiger partial charge in [-0.1, -0.05) is 35.9 Å². The summed E-state index contributed by atoms with van der Waals surface area (Å²) >= 11 is 6.01. The van der Waals surface area contributed by atoms with E-state index in [0.29, 0.717) is 23.9 Å². The Morgan fingerprint density at radius 3 is 2.29 bits per heavy atom. The topological polar surface area (TPSA) is 39.7 Å². The SMILES string of the molecule is CCOc1ccccc1OC(c1ccc(Cl)cc1)C(CNC)OC. The highest BCUT2D eigenvalue weighted by molar-refractivity contribution is 6.30. The van der Waals surface area contributed by atoms with E-state index in [-0.39, 0.29) is 12.2 Å². The van der Waals surface area contributed by atoms with E-state index in [1.165, 1.54) is 0 Å². The van der Waals surface area contributed by atoms with E-state index in [0.717, 1.165) is 11.3 Å². The first kappa shape index (κ1) is 18.6. The molecule has 0 aliphatic rings. The molecule has 2 aromatic rings. The molecule has 0 spiro atoms. The maximum absolute atomic E-state index is 6.30. The minimum absolute atomic E-state index is 0.161. The van der Waals surface area contributed by atoms with Crippen LogP contribution in [0.5, 0.6) is 11.5 Å². The second-order valence-corrected chi connectivity index (χ2v) is 5.74. The molecule has 24 heavy (non-hydrogen) atoms. The molecule has 130 valence electrons. The number of ether oxygens (including phenoxy) is 3. The largest absolute Gasteiger partial charge is 0.490 e. The molecule has 5 heteroatoms. The highest BCUT2D eigenvalue weighted by atomic mass is 35.5. The van der Waals surface area contributed by atoms with Gasteiger partial charge in [0, 0.05) is 18.7 Å². The van der Waals surface area contributed by atoms with Gasteiger partial charge >= 0.3 is 0 Å². The summed E-state index contributed by atoms with van der Waals surface area (Å²) in [5.74, 6) is 1.41. The molecule has 0 aromatic heterocycles. The van der Waals surface area contributed by atoms with Crippen LogP contribution >= 0.6 is 11.6 Å². The van der Waals surface area contributed by atoms with E-state index in [1.807, 2.05) is 62.5 Å². The van der Waals surface area contributed by atoms with E-state index < -0.39 is 0 Å². The lowest BCUT2D eigenvalue weighted by Gasteiger charge is -2.28. The Balaban J connectivity index is 2.33. The summed E-state index contributed by atoms with van der Waals surface area (Å²) in [6, 6.07) is 15.3. The van der Waals surface area contributed by atoms with Crippen LogP contribution in [0, 0.1) is 0 Å². The zero-order valence-electron chi connectivity index (χ0n) is 14.3. The number of rotatable bonds is 9. The number of halogens is 1. The van der Waals surface area contributed by atoms with Crippen LogP contribution in [0.3, 0.4) is 0 Å². The minimum atomic E-state index is -0.290. The third kappa shape index (κ3) is 4.87. The van der Waals surface area contributed by atoms with Gasteiger partial charge in [-0.25, -0.2) is 0 Å². The summed E-state index contributed by atoms with van der Waals surface area (Å²) in [7, 11) is 3.57. The van der Waals surface area contributed by atoms with Gasteiger partial charge in [-0.3, -0.25) is 0 Å². The van der Waals surface area contributed by atoms with Crippen LogP contribution in [-0.2, 0) is 4.74 Å². The van der Waals surface area contributed by atoms with Crippen molar-refractivity contribution in [1.29, 1.82) is 0 Å². The van der Waals surface area contributed by atoms with Gasteiger partial charge in [-0.15, -0.1) is 0 Å². The predicted molar refractivity (Wildman–Crippen MR) is 97.2 cm³/mol. The summed E-state index contributed by atoms with van der Waals surface area (Å²) < 4.78 is 17.6. The Morgan fingerprint density at radius 1 is 1.04 bits per heavy atom. The average Bonchev–Trinajstić information content (AvgIpc) is 2.60. The maximum Gasteiger partial charge on any atom is 0.162 e. The van der Waals surface area contributed by atoms with Crippen molar-refractivity contribution in [2.45, 2.75) is 19.1 Å². The highest BCUT2D eigenvalue weighted by Crippen LogP contribution is 2.33. The Bertz CT molecular complexity index is 618. The fraction of sp³-hybridized carbons (Fsp3) is 0.368. The molecule has 0 bridgehead atoms. The average molecular weight is 350 g/mol. The molecular formula is C19H24ClNO3. The lowest BCUT2D eigenvalue weighted by molar-refractivity contribution is 0.00139. The Hall–Kier alpha value is -1.75. The van der Waals surface area contributed by atoms with Crippen LogP contribution in [0.25, 0.3) is 0 Å². The van der Waals surface area contributed by atoms with Crippen molar-refractivity contribution < 1.29 is 14.2 Å². The Morgan fingerprint density at radius 2 is 1.71 bits per heavy atom. The fourth-order valence-corrected chi connectivity index (χ4v) is 2.61. The summed E-state index contributed by atoms with van der Waals surface area (Å²) in [6.07, 6.45) is -0.452. The minimum Gasteiger partial charge on any atom is -0.490 e. The predicted octanol–water partition coefficient (Wildman–Crippen LogP) is 4.09. The molecule has 2 rings (SSSR count). The quantitative estimate of drug-likeness (QED) is 0.740. The van der Waals surface area contributed by atoms with Gasteiger partial charge in [0.05, 0.1) is 6.61 Å². The van der Waals surface area contributed by atoms with Gasteiger partial charge in [0.15, 0.2) is 17.6 Å². The van der Waals surface area contributed by atoms with Crippen molar-refractivity contribution in [2.75, 3.05) is 27.3 Å². The lowest BCUT2D eigenvalue weighted by Crippen LogP contribution is -2.34. The highest BCUT2D eigenvalue weighted by Gasteiger charge is 2.26. The first-order valence-electron chi connectivity index (χ1n) is 8.01. The molecule has 0 fully saturated rings. The molecule has 2 unspecified atom stereocenters. The molecule has 0 amide bonds. The second kappa shape index (κ2) is 9.52. The van der Waals surface area contributed by atoms with Gasteiger partial charge in [-0.2, -0.15) is 0 Å². The standard InChI is InChI=1S/C19H24ClNO3/c1-4-23-16-7-5-6-8-17(16)24-19(18(22-3)13-21-2)14-9-11-15(20)12-10-14/h5-12,18-19,21H,4,13H2,1-3H3. The Labute approximate surface area is 148 Å². The number of hydrogen-bond acceptors (Lipinski definition) is 4. The van der Waals surface area contributed by atoms with Crippen LogP contribution in [0.4, 0.5) is 0 Å². The molecule has 0 saturated carbocycles. The van der Waals surface area contributed by atoms with Crippen LogP contribution < -0.4 is 14.8 Å². The molecule has 0 saturated heterocycles. The van der Waals surface area contributed by atoms with Gasteiger partial charge in [0.1, 0.15) is 6.10 Å².